The molecule has 1 aromatic rings. The molecular weight excluding hydrogens is 260 g/mol. The van der Waals surface area contributed by atoms with Gasteiger partial charge in [0.2, 0.25) is 0 Å². The Balaban J connectivity index is 2.09. The highest BCUT2D eigenvalue weighted by Gasteiger charge is 2.40. The average molecular weight is 288 g/mol. The molecule has 0 aliphatic carbocycles. The van der Waals surface area contributed by atoms with Crippen molar-refractivity contribution < 1.29 is 4.74 Å². The molecule has 1 atom stereocenters. The third-order valence-corrected chi connectivity index (χ3v) is 3.98. The molecule has 0 bridgehead atoms. The van der Waals surface area contributed by atoms with Crippen molar-refractivity contribution in [3.05, 3.63) is 35.9 Å². The van der Waals surface area contributed by atoms with Gasteiger partial charge in [0.15, 0.2) is 0 Å². The highest BCUT2D eigenvalue weighted by molar-refractivity contribution is 5.66. The maximum Gasteiger partial charge on any atom is 0.0636 e. The molecule has 1 aliphatic heterocycles. The fraction of sp³-hybridized carbons (Fsp3) is 0.611. The Bertz CT molecular complexity index is 467. The topological polar surface area (TPSA) is 24.8 Å². The quantitative estimate of drug-likeness (QED) is 0.776. The summed E-state index contributed by atoms with van der Waals surface area (Å²) in [5.74, 6) is 0. The Labute approximate surface area is 129 Å². The van der Waals surface area contributed by atoms with Crippen LogP contribution in [0.1, 0.15) is 32.3 Å². The molecule has 0 spiro atoms. The molecule has 3 heteroatoms. The van der Waals surface area contributed by atoms with E-state index in [1.807, 2.05) is 6.07 Å². The van der Waals surface area contributed by atoms with E-state index < -0.39 is 0 Å². The molecule has 0 aromatic heterocycles. The van der Waals surface area contributed by atoms with E-state index in [1.165, 1.54) is 5.56 Å². The van der Waals surface area contributed by atoms with Crippen molar-refractivity contribution in [1.29, 1.82) is 0 Å². The molecule has 1 unspecified atom stereocenters. The van der Waals surface area contributed by atoms with E-state index in [2.05, 4.69) is 63.3 Å². The van der Waals surface area contributed by atoms with Crippen molar-refractivity contribution in [2.45, 2.75) is 38.8 Å². The average Bonchev–Trinajstić information content (AvgIpc) is 2.37. The summed E-state index contributed by atoms with van der Waals surface area (Å²) in [6.45, 7) is 6.97. The van der Waals surface area contributed by atoms with Crippen molar-refractivity contribution in [3.8, 4) is 0 Å². The van der Waals surface area contributed by atoms with Crippen molar-refractivity contribution in [2.75, 3.05) is 27.2 Å². The number of hydrogen-bond donors (Lipinski definition) is 0. The van der Waals surface area contributed by atoms with Gasteiger partial charge < -0.3 is 9.64 Å². The Hall–Kier alpha value is -1.19. The lowest BCUT2D eigenvalue weighted by Crippen LogP contribution is -2.47. The lowest BCUT2D eigenvalue weighted by molar-refractivity contribution is -0.0887. The van der Waals surface area contributed by atoms with Crippen molar-refractivity contribution in [2.24, 2.45) is 10.4 Å². The highest BCUT2D eigenvalue weighted by Crippen LogP contribution is 2.38. The first-order valence-corrected chi connectivity index (χ1v) is 7.75. The zero-order valence-corrected chi connectivity index (χ0v) is 13.8. The number of ether oxygens (including phenoxy) is 1. The fourth-order valence-corrected chi connectivity index (χ4v) is 3.36. The lowest BCUT2D eigenvalue weighted by atomic mass is 9.74. The Kier molecular flexibility index (Phi) is 5.17. The highest BCUT2D eigenvalue weighted by atomic mass is 16.5. The number of rotatable bonds is 5. The largest absolute Gasteiger partial charge is 0.376 e. The number of benzene rings is 1. The summed E-state index contributed by atoms with van der Waals surface area (Å²) in [6, 6.07) is 10.4. The zero-order chi connectivity index (χ0) is 15.3. The van der Waals surface area contributed by atoms with Crippen LogP contribution in [0.3, 0.4) is 0 Å². The Morgan fingerprint density at radius 1 is 1.24 bits per heavy atom. The van der Waals surface area contributed by atoms with Crippen LogP contribution >= 0.6 is 0 Å². The van der Waals surface area contributed by atoms with Crippen LogP contribution in [0.2, 0.25) is 0 Å². The third kappa shape index (κ3) is 4.94. The second-order valence-corrected chi connectivity index (χ2v) is 7.09. The minimum atomic E-state index is -0.0625. The molecule has 1 saturated heterocycles. The maximum atomic E-state index is 5.89. The monoisotopic (exact) mass is 288 g/mol. The number of hydrogen-bond acceptors (Lipinski definition) is 3. The van der Waals surface area contributed by atoms with Gasteiger partial charge in [-0.05, 0) is 46.3 Å². The SMILES string of the molecule is CN(C)CC1(C=NCc2ccccc2)CCOC(C)(C)C1. The van der Waals surface area contributed by atoms with Gasteiger partial charge in [-0.25, -0.2) is 0 Å². The molecule has 116 valence electrons. The first kappa shape index (κ1) is 16.2. The molecule has 1 aliphatic rings. The zero-order valence-electron chi connectivity index (χ0n) is 13.8. The molecule has 3 nitrogen and oxygen atoms in total. The van der Waals surface area contributed by atoms with Gasteiger partial charge in [-0.2, -0.15) is 0 Å². The second-order valence-electron chi connectivity index (χ2n) is 7.09. The maximum absolute atomic E-state index is 5.89. The summed E-state index contributed by atoms with van der Waals surface area (Å²) in [6.07, 6.45) is 4.27. The predicted octanol–water partition coefficient (Wildman–Crippen LogP) is 3.39. The van der Waals surface area contributed by atoms with E-state index in [0.29, 0.717) is 0 Å². The predicted molar refractivity (Wildman–Crippen MR) is 88.9 cm³/mol. The lowest BCUT2D eigenvalue weighted by Gasteiger charge is -2.44. The molecular formula is C18H28N2O. The molecule has 1 fully saturated rings. The van der Waals surface area contributed by atoms with Crippen LogP contribution in [-0.4, -0.2) is 44.0 Å². The molecule has 21 heavy (non-hydrogen) atoms. The summed E-state index contributed by atoms with van der Waals surface area (Å²) in [5.41, 5.74) is 1.33. The van der Waals surface area contributed by atoms with E-state index in [-0.39, 0.29) is 11.0 Å². The summed E-state index contributed by atoms with van der Waals surface area (Å²) in [5, 5.41) is 0. The van der Waals surface area contributed by atoms with Gasteiger partial charge in [0.1, 0.15) is 0 Å². The van der Waals surface area contributed by atoms with Crippen molar-refractivity contribution in [3.63, 3.8) is 0 Å². The van der Waals surface area contributed by atoms with Crippen LogP contribution < -0.4 is 0 Å². The van der Waals surface area contributed by atoms with Gasteiger partial charge in [0.05, 0.1) is 12.1 Å². The molecule has 1 aromatic carbocycles. The van der Waals surface area contributed by atoms with E-state index in [1.54, 1.807) is 0 Å². The molecule has 0 saturated carbocycles. The molecule has 2 rings (SSSR count). The Morgan fingerprint density at radius 2 is 1.95 bits per heavy atom. The summed E-state index contributed by atoms with van der Waals surface area (Å²) < 4.78 is 5.89. The second kappa shape index (κ2) is 6.71. The summed E-state index contributed by atoms with van der Waals surface area (Å²) >= 11 is 0. The normalized spacial score (nSPS) is 25.6. The van der Waals surface area contributed by atoms with Crippen LogP contribution in [0.4, 0.5) is 0 Å². The number of nitrogens with zero attached hydrogens (tertiary/aromatic N) is 2. The summed E-state index contributed by atoms with van der Waals surface area (Å²) in [4.78, 5) is 7.01. The van der Waals surface area contributed by atoms with Crippen molar-refractivity contribution >= 4 is 6.21 Å². The fourth-order valence-electron chi connectivity index (χ4n) is 3.36. The van der Waals surface area contributed by atoms with Crippen LogP contribution in [0.25, 0.3) is 0 Å². The number of aliphatic imine (C=N–C) groups is 1. The molecule has 0 amide bonds. The molecule has 1 heterocycles. The summed E-state index contributed by atoms with van der Waals surface area (Å²) in [7, 11) is 4.27. The third-order valence-electron chi connectivity index (χ3n) is 3.98. The van der Waals surface area contributed by atoms with Gasteiger partial charge >= 0.3 is 0 Å². The van der Waals surface area contributed by atoms with E-state index in [9.17, 15) is 0 Å². The van der Waals surface area contributed by atoms with Crippen LogP contribution in [-0.2, 0) is 11.3 Å². The standard InChI is InChI=1S/C18H28N2O/c1-17(2)13-18(10-11-21-17,15-20(3)4)14-19-12-16-8-6-5-7-9-16/h5-9,14H,10-13,15H2,1-4H3. The van der Waals surface area contributed by atoms with Gasteiger partial charge in [-0.1, -0.05) is 30.3 Å². The van der Waals surface area contributed by atoms with Crippen LogP contribution in [0, 0.1) is 5.41 Å². The molecule has 0 N–H and O–H groups in total. The van der Waals surface area contributed by atoms with Gasteiger partial charge in [0, 0.05) is 24.8 Å². The van der Waals surface area contributed by atoms with Gasteiger partial charge in [0.25, 0.3) is 0 Å². The van der Waals surface area contributed by atoms with Gasteiger partial charge in [-0.3, -0.25) is 4.99 Å². The smallest absolute Gasteiger partial charge is 0.0636 e. The minimum absolute atomic E-state index is 0.0625. The van der Waals surface area contributed by atoms with E-state index >= 15 is 0 Å². The molecule has 0 radical (unpaired) electrons. The van der Waals surface area contributed by atoms with E-state index in [4.69, 9.17) is 9.73 Å². The minimum Gasteiger partial charge on any atom is -0.376 e. The van der Waals surface area contributed by atoms with Crippen molar-refractivity contribution in [1.82, 2.24) is 4.90 Å². The van der Waals surface area contributed by atoms with E-state index in [0.717, 1.165) is 32.5 Å². The first-order chi connectivity index (χ1) is 9.91. The van der Waals surface area contributed by atoms with Crippen LogP contribution in [0.5, 0.6) is 0 Å². The van der Waals surface area contributed by atoms with Crippen LogP contribution in [0.15, 0.2) is 35.3 Å². The van der Waals surface area contributed by atoms with Gasteiger partial charge in [-0.15, -0.1) is 0 Å². The first-order valence-electron chi connectivity index (χ1n) is 7.75. The Morgan fingerprint density at radius 3 is 2.57 bits per heavy atom.